The number of amides is 1. The van der Waals surface area contributed by atoms with Gasteiger partial charge in [-0.3, -0.25) is 0 Å². The monoisotopic (exact) mass is 312 g/mol. The minimum atomic E-state index is -0.447. The molecule has 2 rings (SSSR count). The molecular formula is C17H32N2O3. The molecule has 2 N–H and O–H groups in total. The maximum Gasteiger partial charge on any atom is 0.407 e. The number of hydrogen-bond acceptors (Lipinski definition) is 4. The molecule has 1 saturated heterocycles. The Morgan fingerprint density at radius 3 is 2.55 bits per heavy atom. The van der Waals surface area contributed by atoms with Gasteiger partial charge in [-0.1, -0.05) is 0 Å². The van der Waals surface area contributed by atoms with Gasteiger partial charge in [0.25, 0.3) is 0 Å². The number of ether oxygens (including phenoxy) is 2. The molecule has 5 heteroatoms. The predicted molar refractivity (Wildman–Crippen MR) is 86.9 cm³/mol. The van der Waals surface area contributed by atoms with Crippen LogP contribution in [-0.2, 0) is 9.47 Å². The number of carbonyl (C=O) groups is 1. The van der Waals surface area contributed by atoms with Crippen molar-refractivity contribution in [2.45, 2.75) is 83.6 Å². The van der Waals surface area contributed by atoms with Gasteiger partial charge in [-0.05, 0) is 66.2 Å². The molecule has 2 fully saturated rings. The zero-order valence-corrected chi connectivity index (χ0v) is 14.7. The van der Waals surface area contributed by atoms with Crippen molar-refractivity contribution in [1.82, 2.24) is 10.6 Å². The molecule has 1 amide bonds. The van der Waals surface area contributed by atoms with Crippen molar-refractivity contribution in [2.24, 2.45) is 5.92 Å². The molecule has 0 spiro atoms. The molecule has 128 valence electrons. The van der Waals surface area contributed by atoms with Crippen molar-refractivity contribution in [3.8, 4) is 0 Å². The normalized spacial score (nSPS) is 26.3. The summed E-state index contributed by atoms with van der Waals surface area (Å²) in [5.74, 6) is 0.681. The van der Waals surface area contributed by atoms with Crippen LogP contribution in [0.25, 0.3) is 0 Å². The quantitative estimate of drug-likeness (QED) is 0.819. The largest absolute Gasteiger partial charge is 0.444 e. The summed E-state index contributed by atoms with van der Waals surface area (Å²) >= 11 is 0. The predicted octanol–water partition coefficient (Wildman–Crippen LogP) is 2.84. The lowest BCUT2D eigenvalue weighted by atomic mass is 9.93. The molecule has 2 atom stereocenters. The topological polar surface area (TPSA) is 59.6 Å². The molecule has 22 heavy (non-hydrogen) atoms. The van der Waals surface area contributed by atoms with Crippen LogP contribution in [0.3, 0.4) is 0 Å². The minimum Gasteiger partial charge on any atom is -0.444 e. The highest BCUT2D eigenvalue weighted by atomic mass is 16.6. The highest BCUT2D eigenvalue weighted by Crippen LogP contribution is 2.34. The first-order valence-electron chi connectivity index (χ1n) is 8.51. The summed E-state index contributed by atoms with van der Waals surface area (Å²) in [6.07, 6.45) is 4.23. The summed E-state index contributed by atoms with van der Waals surface area (Å²) in [7, 11) is 0. The van der Waals surface area contributed by atoms with E-state index in [0.29, 0.717) is 24.5 Å². The fraction of sp³-hybridized carbons (Fsp3) is 0.941. The third-order valence-electron chi connectivity index (χ3n) is 4.20. The van der Waals surface area contributed by atoms with Crippen LogP contribution in [0.4, 0.5) is 4.79 Å². The van der Waals surface area contributed by atoms with Crippen molar-refractivity contribution in [2.75, 3.05) is 13.2 Å². The Kier molecular flexibility index (Phi) is 5.38. The SMILES string of the molecule is CC(C)(C)OC(=O)NCC(NC1CCOC(C)(C)C1)C1CC1. The van der Waals surface area contributed by atoms with Gasteiger partial charge in [0.05, 0.1) is 5.60 Å². The lowest BCUT2D eigenvalue weighted by molar-refractivity contribution is -0.0644. The molecule has 2 unspecified atom stereocenters. The Labute approximate surface area is 134 Å². The molecular weight excluding hydrogens is 280 g/mol. The number of nitrogens with one attached hydrogen (secondary N) is 2. The molecule has 0 aromatic heterocycles. The van der Waals surface area contributed by atoms with Gasteiger partial charge in [-0.25, -0.2) is 4.79 Å². The zero-order valence-electron chi connectivity index (χ0n) is 14.7. The van der Waals surface area contributed by atoms with Crippen LogP contribution in [0.1, 0.15) is 60.3 Å². The van der Waals surface area contributed by atoms with E-state index in [2.05, 4.69) is 24.5 Å². The first-order chi connectivity index (χ1) is 10.1. The molecule has 1 aliphatic heterocycles. The summed E-state index contributed by atoms with van der Waals surface area (Å²) in [4.78, 5) is 11.8. The van der Waals surface area contributed by atoms with Crippen molar-refractivity contribution < 1.29 is 14.3 Å². The fourth-order valence-electron chi connectivity index (χ4n) is 3.04. The number of carbonyl (C=O) groups excluding carboxylic acids is 1. The average molecular weight is 312 g/mol. The summed E-state index contributed by atoms with van der Waals surface area (Å²) in [6, 6.07) is 0.807. The maximum atomic E-state index is 11.8. The van der Waals surface area contributed by atoms with Crippen LogP contribution >= 0.6 is 0 Å². The lowest BCUT2D eigenvalue weighted by Gasteiger charge is -2.38. The van der Waals surface area contributed by atoms with Crippen LogP contribution in [0, 0.1) is 5.92 Å². The maximum absolute atomic E-state index is 11.8. The number of alkyl carbamates (subject to hydrolysis) is 1. The Balaban J connectivity index is 1.79. The lowest BCUT2D eigenvalue weighted by Crippen LogP contribution is -2.51. The van der Waals surface area contributed by atoms with E-state index >= 15 is 0 Å². The zero-order chi connectivity index (χ0) is 16.4. The second-order valence-corrected chi connectivity index (χ2v) is 8.29. The van der Waals surface area contributed by atoms with Gasteiger partial charge in [-0.15, -0.1) is 0 Å². The van der Waals surface area contributed by atoms with Crippen LogP contribution in [-0.4, -0.2) is 42.5 Å². The van der Waals surface area contributed by atoms with Crippen LogP contribution in [0.2, 0.25) is 0 Å². The highest BCUT2D eigenvalue weighted by molar-refractivity contribution is 5.67. The Bertz CT molecular complexity index is 386. The summed E-state index contributed by atoms with van der Waals surface area (Å²) in [5, 5.41) is 6.66. The Morgan fingerprint density at radius 1 is 1.32 bits per heavy atom. The standard InChI is InChI=1S/C17H32N2O3/c1-16(2,3)22-15(20)18-11-14(12-6-7-12)19-13-8-9-21-17(4,5)10-13/h12-14,19H,6-11H2,1-5H3,(H,18,20). The van der Waals surface area contributed by atoms with E-state index in [1.807, 2.05) is 20.8 Å². The molecule has 0 radical (unpaired) electrons. The molecule has 1 aliphatic carbocycles. The first kappa shape index (κ1) is 17.5. The average Bonchev–Trinajstić information content (AvgIpc) is 3.15. The second kappa shape index (κ2) is 6.75. The van der Waals surface area contributed by atoms with Gasteiger partial charge in [0.1, 0.15) is 5.60 Å². The molecule has 1 heterocycles. The van der Waals surface area contributed by atoms with Crippen LogP contribution in [0.5, 0.6) is 0 Å². The summed E-state index contributed by atoms with van der Waals surface area (Å²) in [6.45, 7) is 11.4. The smallest absolute Gasteiger partial charge is 0.407 e. The van der Waals surface area contributed by atoms with E-state index in [1.54, 1.807) is 0 Å². The van der Waals surface area contributed by atoms with Gasteiger partial charge in [0.2, 0.25) is 0 Å². The van der Waals surface area contributed by atoms with Gasteiger partial charge >= 0.3 is 6.09 Å². The third-order valence-corrected chi connectivity index (χ3v) is 4.20. The van der Waals surface area contributed by atoms with Crippen molar-refractivity contribution >= 4 is 6.09 Å². The van der Waals surface area contributed by atoms with Crippen molar-refractivity contribution in [3.05, 3.63) is 0 Å². The number of rotatable bonds is 5. The van der Waals surface area contributed by atoms with Gasteiger partial charge in [-0.2, -0.15) is 0 Å². The van der Waals surface area contributed by atoms with E-state index in [9.17, 15) is 4.79 Å². The summed E-state index contributed by atoms with van der Waals surface area (Å²) in [5.41, 5.74) is -0.500. The van der Waals surface area contributed by atoms with Crippen LogP contribution in [0.15, 0.2) is 0 Å². The molecule has 2 aliphatic rings. The van der Waals surface area contributed by atoms with E-state index < -0.39 is 5.60 Å². The van der Waals surface area contributed by atoms with Gasteiger partial charge in [0.15, 0.2) is 0 Å². The van der Waals surface area contributed by atoms with E-state index in [1.165, 1.54) is 12.8 Å². The van der Waals surface area contributed by atoms with Crippen LogP contribution < -0.4 is 10.6 Å². The van der Waals surface area contributed by atoms with Crippen molar-refractivity contribution in [1.29, 1.82) is 0 Å². The van der Waals surface area contributed by atoms with E-state index in [0.717, 1.165) is 19.4 Å². The first-order valence-corrected chi connectivity index (χ1v) is 8.51. The van der Waals surface area contributed by atoms with Gasteiger partial charge < -0.3 is 20.1 Å². The Hall–Kier alpha value is -0.810. The number of hydrogen-bond donors (Lipinski definition) is 2. The van der Waals surface area contributed by atoms with E-state index in [-0.39, 0.29) is 11.7 Å². The molecule has 5 nitrogen and oxygen atoms in total. The minimum absolute atomic E-state index is 0.0530. The molecule has 0 aromatic carbocycles. The highest BCUT2D eigenvalue weighted by Gasteiger charge is 2.36. The third kappa shape index (κ3) is 6.13. The Morgan fingerprint density at radius 2 is 2.00 bits per heavy atom. The molecule has 0 aromatic rings. The molecule has 0 bridgehead atoms. The van der Waals surface area contributed by atoms with E-state index in [4.69, 9.17) is 9.47 Å². The summed E-state index contributed by atoms with van der Waals surface area (Å²) < 4.78 is 11.1. The second-order valence-electron chi connectivity index (χ2n) is 8.29. The fourth-order valence-corrected chi connectivity index (χ4v) is 3.04. The molecule has 1 saturated carbocycles. The van der Waals surface area contributed by atoms with Gasteiger partial charge in [0, 0.05) is 25.2 Å². The van der Waals surface area contributed by atoms with Crippen molar-refractivity contribution in [3.63, 3.8) is 0 Å².